The number of hydrogen-bond acceptors (Lipinski definition) is 4. The normalized spacial score (nSPS) is 11.9. The zero-order valence-electron chi connectivity index (χ0n) is 10.2. The van der Waals surface area contributed by atoms with Crippen LogP contribution in [0, 0.1) is 10.1 Å². The molecule has 0 saturated carbocycles. The third kappa shape index (κ3) is 3.51. The lowest BCUT2D eigenvalue weighted by Gasteiger charge is -2.14. The van der Waals surface area contributed by atoms with E-state index in [1.807, 2.05) is 31.2 Å². The number of pyridine rings is 1. The molecule has 0 fully saturated rings. The second kappa shape index (κ2) is 5.79. The number of nitrogens with one attached hydrogen (secondary N) is 1. The van der Waals surface area contributed by atoms with Gasteiger partial charge in [0.05, 0.1) is 5.69 Å². The highest BCUT2D eigenvalue weighted by Gasteiger charge is 2.09. The number of anilines is 1. The molecule has 0 amide bonds. The molecular weight excluding hydrogens is 310 g/mol. The second-order valence-electron chi connectivity index (χ2n) is 4.08. The van der Waals surface area contributed by atoms with Crippen LogP contribution < -0.4 is 5.32 Å². The maximum Gasteiger partial charge on any atom is 0.363 e. The number of aromatic nitrogens is 1. The zero-order chi connectivity index (χ0) is 13.8. The number of nitro groups is 1. The third-order valence-electron chi connectivity index (χ3n) is 2.69. The van der Waals surface area contributed by atoms with E-state index < -0.39 is 4.92 Å². The van der Waals surface area contributed by atoms with E-state index in [2.05, 4.69) is 26.2 Å². The van der Waals surface area contributed by atoms with E-state index in [1.165, 1.54) is 12.3 Å². The predicted molar refractivity (Wildman–Crippen MR) is 77.1 cm³/mol. The molecule has 2 rings (SSSR count). The SMILES string of the molecule is C[C@@H](Nc1ccc([N+](=O)[O-])nc1)c1ccc(Br)cc1. The van der Waals surface area contributed by atoms with Gasteiger partial charge < -0.3 is 15.4 Å². The lowest BCUT2D eigenvalue weighted by molar-refractivity contribution is -0.389. The molecule has 1 heterocycles. The van der Waals surface area contributed by atoms with E-state index >= 15 is 0 Å². The Balaban J connectivity index is 2.08. The second-order valence-corrected chi connectivity index (χ2v) is 5.00. The summed E-state index contributed by atoms with van der Waals surface area (Å²) in [6.45, 7) is 2.02. The van der Waals surface area contributed by atoms with Crippen LogP contribution in [-0.4, -0.2) is 9.91 Å². The topological polar surface area (TPSA) is 68.1 Å². The van der Waals surface area contributed by atoms with Crippen LogP contribution in [0.4, 0.5) is 11.5 Å². The molecule has 0 bridgehead atoms. The van der Waals surface area contributed by atoms with Crippen LogP contribution in [0.5, 0.6) is 0 Å². The van der Waals surface area contributed by atoms with Gasteiger partial charge in [0.2, 0.25) is 0 Å². The van der Waals surface area contributed by atoms with Gasteiger partial charge in [-0.3, -0.25) is 0 Å². The molecule has 0 radical (unpaired) electrons. The van der Waals surface area contributed by atoms with Crippen LogP contribution in [0.1, 0.15) is 18.5 Å². The molecule has 0 aliphatic carbocycles. The van der Waals surface area contributed by atoms with Crippen LogP contribution in [-0.2, 0) is 0 Å². The predicted octanol–water partition coefficient (Wildman–Crippen LogP) is 3.93. The van der Waals surface area contributed by atoms with E-state index in [0.29, 0.717) is 0 Å². The lowest BCUT2D eigenvalue weighted by atomic mass is 10.1. The monoisotopic (exact) mass is 321 g/mol. The number of benzene rings is 1. The smallest absolute Gasteiger partial charge is 0.363 e. The third-order valence-corrected chi connectivity index (χ3v) is 3.22. The molecule has 6 heteroatoms. The fraction of sp³-hybridized carbons (Fsp3) is 0.154. The van der Waals surface area contributed by atoms with Crippen molar-refractivity contribution in [1.82, 2.24) is 4.98 Å². The summed E-state index contributed by atoms with van der Waals surface area (Å²) in [6, 6.07) is 11.1. The minimum absolute atomic E-state index is 0.0938. The number of halogens is 1. The summed E-state index contributed by atoms with van der Waals surface area (Å²) in [4.78, 5) is 13.8. The molecule has 2 aromatic rings. The Hall–Kier alpha value is -1.95. The summed E-state index contributed by atoms with van der Waals surface area (Å²) in [6.07, 6.45) is 1.47. The Morgan fingerprint density at radius 3 is 2.47 bits per heavy atom. The van der Waals surface area contributed by atoms with Gasteiger partial charge in [-0.05, 0) is 40.6 Å². The Morgan fingerprint density at radius 2 is 1.95 bits per heavy atom. The van der Waals surface area contributed by atoms with Gasteiger partial charge in [0, 0.05) is 16.6 Å². The molecule has 1 aromatic heterocycles. The molecule has 0 aliphatic heterocycles. The average molecular weight is 322 g/mol. The first-order valence-corrected chi connectivity index (χ1v) is 6.48. The summed E-state index contributed by atoms with van der Waals surface area (Å²) >= 11 is 3.39. The van der Waals surface area contributed by atoms with E-state index in [-0.39, 0.29) is 11.9 Å². The van der Waals surface area contributed by atoms with Gasteiger partial charge in [-0.15, -0.1) is 0 Å². The summed E-state index contributed by atoms with van der Waals surface area (Å²) < 4.78 is 1.03. The number of rotatable bonds is 4. The Kier molecular flexibility index (Phi) is 4.11. The Bertz CT molecular complexity index is 569. The van der Waals surface area contributed by atoms with Crippen LogP contribution in [0.15, 0.2) is 47.1 Å². The van der Waals surface area contributed by atoms with Crippen molar-refractivity contribution in [1.29, 1.82) is 0 Å². The summed E-state index contributed by atoms with van der Waals surface area (Å²) in [7, 11) is 0. The highest BCUT2D eigenvalue weighted by atomic mass is 79.9. The van der Waals surface area contributed by atoms with Crippen molar-refractivity contribution in [2.45, 2.75) is 13.0 Å². The van der Waals surface area contributed by atoms with Gasteiger partial charge in [-0.2, -0.15) is 0 Å². The van der Waals surface area contributed by atoms with Crippen LogP contribution in [0.25, 0.3) is 0 Å². The van der Waals surface area contributed by atoms with Crippen LogP contribution >= 0.6 is 15.9 Å². The molecule has 1 aromatic carbocycles. The highest BCUT2D eigenvalue weighted by Crippen LogP contribution is 2.21. The molecule has 0 aliphatic rings. The van der Waals surface area contributed by atoms with E-state index in [4.69, 9.17) is 0 Å². The maximum atomic E-state index is 10.5. The molecule has 19 heavy (non-hydrogen) atoms. The van der Waals surface area contributed by atoms with Crippen molar-refractivity contribution in [3.8, 4) is 0 Å². The van der Waals surface area contributed by atoms with Gasteiger partial charge in [-0.1, -0.05) is 28.1 Å². The number of nitrogens with zero attached hydrogens (tertiary/aromatic N) is 2. The largest absolute Gasteiger partial charge is 0.375 e. The van der Waals surface area contributed by atoms with Gasteiger partial charge in [0.15, 0.2) is 6.20 Å². The van der Waals surface area contributed by atoms with E-state index in [1.54, 1.807) is 6.07 Å². The highest BCUT2D eigenvalue weighted by molar-refractivity contribution is 9.10. The Morgan fingerprint density at radius 1 is 1.26 bits per heavy atom. The summed E-state index contributed by atoms with van der Waals surface area (Å²) in [5, 5.41) is 13.7. The van der Waals surface area contributed by atoms with E-state index in [9.17, 15) is 10.1 Å². The molecule has 0 saturated heterocycles. The van der Waals surface area contributed by atoms with Crippen molar-refractivity contribution >= 4 is 27.4 Å². The van der Waals surface area contributed by atoms with Crippen molar-refractivity contribution in [2.24, 2.45) is 0 Å². The molecule has 0 unspecified atom stereocenters. The molecule has 0 spiro atoms. The van der Waals surface area contributed by atoms with E-state index in [0.717, 1.165) is 15.7 Å². The first kappa shape index (κ1) is 13.5. The first-order valence-electron chi connectivity index (χ1n) is 5.68. The van der Waals surface area contributed by atoms with Gasteiger partial charge in [0.25, 0.3) is 0 Å². The van der Waals surface area contributed by atoms with Gasteiger partial charge in [-0.25, -0.2) is 0 Å². The lowest BCUT2D eigenvalue weighted by Crippen LogP contribution is -2.06. The molecule has 1 atom stereocenters. The molecular formula is C13H12BrN3O2. The molecule has 5 nitrogen and oxygen atoms in total. The summed E-state index contributed by atoms with van der Waals surface area (Å²) in [5.41, 5.74) is 1.88. The van der Waals surface area contributed by atoms with Gasteiger partial charge in [0.1, 0.15) is 0 Å². The first-order chi connectivity index (χ1) is 9.06. The minimum atomic E-state index is -0.512. The van der Waals surface area contributed by atoms with Crippen molar-refractivity contribution in [3.63, 3.8) is 0 Å². The van der Waals surface area contributed by atoms with Crippen molar-refractivity contribution in [3.05, 3.63) is 62.7 Å². The van der Waals surface area contributed by atoms with Crippen molar-refractivity contribution < 1.29 is 4.92 Å². The standard InChI is InChI=1S/C13H12BrN3O2/c1-9(10-2-4-11(14)5-3-10)16-12-6-7-13(15-8-12)17(18)19/h2-9,16H,1H3/t9-/m1/s1. The fourth-order valence-electron chi connectivity index (χ4n) is 1.66. The summed E-state index contributed by atoms with van der Waals surface area (Å²) in [5.74, 6) is -0.151. The quantitative estimate of drug-likeness (QED) is 0.684. The fourth-order valence-corrected chi connectivity index (χ4v) is 1.93. The average Bonchev–Trinajstić information content (AvgIpc) is 2.40. The maximum absolute atomic E-state index is 10.5. The van der Waals surface area contributed by atoms with Gasteiger partial charge >= 0.3 is 5.82 Å². The number of hydrogen-bond donors (Lipinski definition) is 1. The molecule has 98 valence electrons. The van der Waals surface area contributed by atoms with Crippen LogP contribution in [0.3, 0.4) is 0 Å². The van der Waals surface area contributed by atoms with Crippen molar-refractivity contribution in [2.75, 3.05) is 5.32 Å². The molecule has 1 N–H and O–H groups in total. The van der Waals surface area contributed by atoms with Crippen LogP contribution in [0.2, 0.25) is 0 Å². The zero-order valence-corrected chi connectivity index (χ0v) is 11.8. The minimum Gasteiger partial charge on any atom is -0.375 e. The Labute approximate surface area is 119 Å².